The fourth-order valence-electron chi connectivity index (χ4n) is 1.91. The molecule has 1 heterocycles. The first kappa shape index (κ1) is 12.6. The first-order valence-corrected chi connectivity index (χ1v) is 5.87. The number of nitrogens with zero attached hydrogens (tertiary/aromatic N) is 1. The van der Waals surface area contributed by atoms with Crippen molar-refractivity contribution in [3.63, 3.8) is 0 Å². The number of halogens is 1. The molecule has 0 N–H and O–H groups in total. The Bertz CT molecular complexity index is 630. The highest BCUT2D eigenvalue weighted by molar-refractivity contribution is 6.43. The van der Waals surface area contributed by atoms with Crippen LogP contribution in [0.15, 0.2) is 24.4 Å². The van der Waals surface area contributed by atoms with Crippen molar-refractivity contribution in [1.82, 2.24) is 4.57 Å². The number of benzene rings is 1. The second-order valence-corrected chi connectivity index (χ2v) is 4.25. The van der Waals surface area contributed by atoms with Gasteiger partial charge in [0, 0.05) is 28.7 Å². The summed E-state index contributed by atoms with van der Waals surface area (Å²) in [4.78, 5) is 23.2. The van der Waals surface area contributed by atoms with Crippen molar-refractivity contribution in [2.45, 2.75) is 13.5 Å². The van der Waals surface area contributed by atoms with Crippen LogP contribution < -0.4 is 0 Å². The molecule has 0 atom stereocenters. The van der Waals surface area contributed by atoms with E-state index in [0.717, 1.165) is 5.52 Å². The van der Waals surface area contributed by atoms with Gasteiger partial charge < -0.3 is 9.30 Å². The highest BCUT2D eigenvalue weighted by atomic mass is 35.5. The number of fused-ring (bicyclic) bond motifs is 1. The van der Waals surface area contributed by atoms with Gasteiger partial charge in [0.15, 0.2) is 0 Å². The molecule has 0 aliphatic heterocycles. The molecular weight excluding hydrogens is 254 g/mol. The van der Waals surface area contributed by atoms with Crippen LogP contribution in [0, 0.1) is 0 Å². The van der Waals surface area contributed by atoms with Crippen LogP contribution in [-0.2, 0) is 16.1 Å². The maximum atomic E-state index is 11.9. The number of aryl methyl sites for hydroxylation is 1. The van der Waals surface area contributed by atoms with Gasteiger partial charge >= 0.3 is 5.97 Å². The molecule has 94 valence electrons. The molecule has 5 heteroatoms. The summed E-state index contributed by atoms with van der Waals surface area (Å²) >= 11 is 5.92. The Morgan fingerprint density at radius 2 is 2.11 bits per heavy atom. The van der Waals surface area contributed by atoms with Gasteiger partial charge in [-0.3, -0.25) is 4.79 Å². The Kier molecular flexibility index (Phi) is 3.39. The number of carbonyl (C=O) groups is 2. The second-order valence-electron chi connectivity index (χ2n) is 3.81. The molecule has 4 nitrogen and oxygen atoms in total. The zero-order valence-electron chi connectivity index (χ0n) is 10.1. The molecule has 0 saturated heterocycles. The van der Waals surface area contributed by atoms with E-state index in [1.54, 1.807) is 18.3 Å². The summed E-state index contributed by atoms with van der Waals surface area (Å²) in [5.41, 5.74) is 1.19. The summed E-state index contributed by atoms with van der Waals surface area (Å²) in [5.74, 6) is -1.53. The van der Waals surface area contributed by atoms with Gasteiger partial charge in [-0.15, -0.1) is 0 Å². The lowest BCUT2D eigenvalue weighted by molar-refractivity contribution is -0.135. The molecule has 2 rings (SSSR count). The molecule has 1 aromatic carbocycles. The lowest BCUT2D eigenvalue weighted by Crippen LogP contribution is -2.15. The van der Waals surface area contributed by atoms with Crippen LogP contribution in [0.25, 0.3) is 10.9 Å². The molecule has 0 aliphatic carbocycles. The van der Waals surface area contributed by atoms with Crippen LogP contribution in [0.4, 0.5) is 0 Å². The lowest BCUT2D eigenvalue weighted by atomic mass is 10.1. The molecular formula is C13H12ClNO3. The van der Waals surface area contributed by atoms with E-state index >= 15 is 0 Å². The number of methoxy groups -OCH3 is 1. The standard InChI is InChI=1S/C13H12ClNO3/c1-3-15-7-10(12(16)13(17)18-2)9-6-8(14)4-5-11(9)15/h4-7H,3H2,1-2H3. The summed E-state index contributed by atoms with van der Waals surface area (Å²) < 4.78 is 6.35. The predicted octanol–water partition coefficient (Wildman–Crippen LogP) is 2.67. The number of carbonyl (C=O) groups excluding carboxylic acids is 2. The molecule has 2 aromatic rings. The minimum atomic E-state index is -0.870. The van der Waals surface area contributed by atoms with Gasteiger partial charge in [0.05, 0.1) is 12.7 Å². The van der Waals surface area contributed by atoms with Crippen molar-refractivity contribution in [2.75, 3.05) is 7.11 Å². The SMILES string of the molecule is CCn1cc(C(=O)C(=O)OC)c2cc(Cl)ccc21. The summed E-state index contributed by atoms with van der Waals surface area (Å²) in [5, 5.41) is 1.19. The fourth-order valence-corrected chi connectivity index (χ4v) is 2.09. The Morgan fingerprint density at radius 3 is 2.72 bits per heavy atom. The summed E-state index contributed by atoms with van der Waals surface area (Å²) in [6.45, 7) is 2.66. The van der Waals surface area contributed by atoms with Crippen molar-refractivity contribution in [3.8, 4) is 0 Å². The van der Waals surface area contributed by atoms with Crippen molar-refractivity contribution < 1.29 is 14.3 Å². The highest BCUT2D eigenvalue weighted by Crippen LogP contribution is 2.25. The van der Waals surface area contributed by atoms with Crippen LogP contribution >= 0.6 is 11.6 Å². The zero-order valence-corrected chi connectivity index (χ0v) is 10.8. The normalized spacial score (nSPS) is 10.6. The minimum Gasteiger partial charge on any atom is -0.463 e. The Balaban J connectivity index is 2.67. The number of ketones is 1. The number of Topliss-reactive ketones (excluding diaryl/α,β-unsaturated/α-hetero) is 1. The maximum Gasteiger partial charge on any atom is 0.379 e. The number of hydrogen-bond acceptors (Lipinski definition) is 3. The van der Waals surface area contributed by atoms with E-state index in [0.29, 0.717) is 22.5 Å². The first-order valence-electron chi connectivity index (χ1n) is 5.49. The van der Waals surface area contributed by atoms with Crippen LogP contribution in [0.3, 0.4) is 0 Å². The van der Waals surface area contributed by atoms with Gasteiger partial charge in [-0.05, 0) is 25.1 Å². The smallest absolute Gasteiger partial charge is 0.379 e. The Hall–Kier alpha value is -1.81. The molecule has 0 aliphatic rings. The molecule has 0 amide bonds. The minimum absolute atomic E-state index is 0.321. The molecule has 1 aromatic heterocycles. The fraction of sp³-hybridized carbons (Fsp3) is 0.231. The predicted molar refractivity (Wildman–Crippen MR) is 69.0 cm³/mol. The van der Waals surface area contributed by atoms with Crippen LogP contribution in [0.5, 0.6) is 0 Å². The molecule has 0 unspecified atom stereocenters. The van der Waals surface area contributed by atoms with E-state index in [1.165, 1.54) is 7.11 Å². The average molecular weight is 266 g/mol. The zero-order chi connectivity index (χ0) is 13.3. The van der Waals surface area contributed by atoms with Crippen molar-refractivity contribution in [1.29, 1.82) is 0 Å². The van der Waals surface area contributed by atoms with Gasteiger partial charge in [0.1, 0.15) is 0 Å². The molecule has 0 radical (unpaired) electrons. The van der Waals surface area contributed by atoms with E-state index in [2.05, 4.69) is 4.74 Å². The van der Waals surface area contributed by atoms with Crippen molar-refractivity contribution >= 4 is 34.3 Å². The quantitative estimate of drug-likeness (QED) is 0.487. The molecule has 0 fully saturated rings. The van der Waals surface area contributed by atoms with E-state index in [-0.39, 0.29) is 0 Å². The van der Waals surface area contributed by atoms with Crippen molar-refractivity contribution in [2.24, 2.45) is 0 Å². The van der Waals surface area contributed by atoms with Gasteiger partial charge in [-0.1, -0.05) is 11.6 Å². The average Bonchev–Trinajstić information content (AvgIpc) is 2.74. The third kappa shape index (κ3) is 1.99. The third-order valence-electron chi connectivity index (χ3n) is 2.80. The Morgan fingerprint density at radius 1 is 1.39 bits per heavy atom. The van der Waals surface area contributed by atoms with Crippen LogP contribution in [0.2, 0.25) is 5.02 Å². The number of hydrogen-bond donors (Lipinski definition) is 0. The third-order valence-corrected chi connectivity index (χ3v) is 3.03. The van der Waals surface area contributed by atoms with Crippen LogP contribution in [-0.4, -0.2) is 23.4 Å². The van der Waals surface area contributed by atoms with Crippen molar-refractivity contribution in [3.05, 3.63) is 35.0 Å². The number of rotatable bonds is 3. The largest absolute Gasteiger partial charge is 0.463 e. The van der Waals surface area contributed by atoms with E-state index < -0.39 is 11.8 Å². The molecule has 0 spiro atoms. The molecule has 0 saturated carbocycles. The van der Waals surface area contributed by atoms with Gasteiger partial charge in [-0.2, -0.15) is 0 Å². The highest BCUT2D eigenvalue weighted by Gasteiger charge is 2.21. The molecule has 0 bridgehead atoms. The van der Waals surface area contributed by atoms with E-state index in [9.17, 15) is 9.59 Å². The van der Waals surface area contributed by atoms with Gasteiger partial charge in [0.25, 0.3) is 5.78 Å². The van der Waals surface area contributed by atoms with Gasteiger partial charge in [0.2, 0.25) is 0 Å². The summed E-state index contributed by atoms with van der Waals surface area (Å²) in [6, 6.07) is 5.26. The topological polar surface area (TPSA) is 48.3 Å². The number of ether oxygens (including phenoxy) is 1. The monoisotopic (exact) mass is 265 g/mol. The van der Waals surface area contributed by atoms with E-state index in [4.69, 9.17) is 11.6 Å². The van der Waals surface area contributed by atoms with E-state index in [1.807, 2.05) is 17.6 Å². The summed E-state index contributed by atoms with van der Waals surface area (Å²) in [7, 11) is 1.19. The second kappa shape index (κ2) is 4.82. The number of aromatic nitrogens is 1. The van der Waals surface area contributed by atoms with Crippen LogP contribution in [0.1, 0.15) is 17.3 Å². The molecule has 18 heavy (non-hydrogen) atoms. The first-order chi connectivity index (χ1) is 8.58. The Labute approximate surface area is 109 Å². The lowest BCUT2D eigenvalue weighted by Gasteiger charge is -1.99. The van der Waals surface area contributed by atoms with Gasteiger partial charge in [-0.25, -0.2) is 4.79 Å². The summed E-state index contributed by atoms with van der Waals surface area (Å²) in [6.07, 6.45) is 1.65. The number of esters is 1. The maximum absolute atomic E-state index is 11.9.